The highest BCUT2D eigenvalue weighted by Crippen LogP contribution is 2.23. The van der Waals surface area contributed by atoms with E-state index in [0.717, 1.165) is 17.7 Å². The molecule has 0 spiro atoms. The average molecular weight is 305 g/mol. The van der Waals surface area contributed by atoms with Gasteiger partial charge in [0.05, 0.1) is 12.7 Å². The maximum Gasteiger partial charge on any atom is 0.122 e. The molecule has 2 aromatic rings. The second kappa shape index (κ2) is 7.07. The first-order valence-electron chi connectivity index (χ1n) is 7.13. The molecule has 21 heavy (non-hydrogen) atoms. The SMILES string of the molecule is COc1ccccc1C[C@H](C)NC[C@@](C)(O)c1ccsc1. The number of aliphatic hydroxyl groups is 1. The maximum absolute atomic E-state index is 10.5. The molecular formula is C17H23NO2S. The molecule has 0 unspecified atom stereocenters. The number of hydrogen-bond acceptors (Lipinski definition) is 4. The molecule has 0 bridgehead atoms. The number of para-hydroxylation sites is 1. The molecular weight excluding hydrogens is 282 g/mol. The zero-order valence-electron chi connectivity index (χ0n) is 12.8. The summed E-state index contributed by atoms with van der Waals surface area (Å²) in [6.45, 7) is 4.49. The van der Waals surface area contributed by atoms with Gasteiger partial charge in [0, 0.05) is 12.6 Å². The molecule has 1 aromatic heterocycles. The van der Waals surface area contributed by atoms with Gasteiger partial charge in [0.1, 0.15) is 5.75 Å². The van der Waals surface area contributed by atoms with E-state index < -0.39 is 5.60 Å². The van der Waals surface area contributed by atoms with Crippen LogP contribution >= 0.6 is 11.3 Å². The zero-order valence-corrected chi connectivity index (χ0v) is 13.6. The summed E-state index contributed by atoms with van der Waals surface area (Å²) in [4.78, 5) is 0. The van der Waals surface area contributed by atoms with Gasteiger partial charge in [-0.3, -0.25) is 0 Å². The van der Waals surface area contributed by atoms with Gasteiger partial charge in [-0.05, 0) is 54.3 Å². The lowest BCUT2D eigenvalue weighted by atomic mass is 9.98. The van der Waals surface area contributed by atoms with Crippen LogP contribution < -0.4 is 10.1 Å². The molecule has 0 saturated heterocycles. The molecule has 1 heterocycles. The number of methoxy groups -OCH3 is 1. The van der Waals surface area contributed by atoms with E-state index in [9.17, 15) is 5.11 Å². The summed E-state index contributed by atoms with van der Waals surface area (Å²) in [6.07, 6.45) is 0.865. The van der Waals surface area contributed by atoms with E-state index >= 15 is 0 Å². The fraction of sp³-hybridized carbons (Fsp3) is 0.412. The molecule has 0 fully saturated rings. The Balaban J connectivity index is 1.92. The van der Waals surface area contributed by atoms with Crippen molar-refractivity contribution in [3.05, 3.63) is 52.2 Å². The first-order valence-corrected chi connectivity index (χ1v) is 8.07. The van der Waals surface area contributed by atoms with Gasteiger partial charge in [-0.1, -0.05) is 18.2 Å². The van der Waals surface area contributed by atoms with Gasteiger partial charge < -0.3 is 15.2 Å². The van der Waals surface area contributed by atoms with Crippen LogP contribution in [0.4, 0.5) is 0 Å². The molecule has 0 radical (unpaired) electrons. The van der Waals surface area contributed by atoms with Gasteiger partial charge in [0.15, 0.2) is 0 Å². The normalized spacial score (nSPS) is 15.4. The predicted octanol–water partition coefficient (Wildman–Crippen LogP) is 3.19. The minimum atomic E-state index is -0.838. The summed E-state index contributed by atoms with van der Waals surface area (Å²) < 4.78 is 5.37. The molecule has 4 heteroatoms. The first-order chi connectivity index (χ1) is 10.0. The summed E-state index contributed by atoms with van der Waals surface area (Å²) in [5, 5.41) is 17.9. The molecule has 3 nitrogen and oxygen atoms in total. The monoisotopic (exact) mass is 305 g/mol. The molecule has 0 aliphatic heterocycles. The Labute approximate surface area is 130 Å². The van der Waals surface area contributed by atoms with Crippen molar-refractivity contribution in [2.24, 2.45) is 0 Å². The number of hydrogen-bond donors (Lipinski definition) is 2. The van der Waals surface area contributed by atoms with E-state index in [1.54, 1.807) is 18.4 Å². The Morgan fingerprint density at radius 1 is 1.33 bits per heavy atom. The van der Waals surface area contributed by atoms with Crippen molar-refractivity contribution in [2.45, 2.75) is 31.9 Å². The minimum absolute atomic E-state index is 0.256. The minimum Gasteiger partial charge on any atom is -0.496 e. The summed E-state index contributed by atoms with van der Waals surface area (Å²) in [6, 6.07) is 10.3. The Kier molecular flexibility index (Phi) is 5.39. The van der Waals surface area contributed by atoms with Crippen molar-refractivity contribution >= 4 is 11.3 Å². The highest BCUT2D eigenvalue weighted by molar-refractivity contribution is 7.08. The van der Waals surface area contributed by atoms with Crippen LogP contribution in [0.3, 0.4) is 0 Å². The highest BCUT2D eigenvalue weighted by atomic mass is 32.1. The van der Waals surface area contributed by atoms with Crippen molar-refractivity contribution in [2.75, 3.05) is 13.7 Å². The van der Waals surface area contributed by atoms with Crippen LogP contribution in [0.25, 0.3) is 0 Å². The van der Waals surface area contributed by atoms with Crippen molar-refractivity contribution in [1.29, 1.82) is 0 Å². The predicted molar refractivity (Wildman–Crippen MR) is 88.1 cm³/mol. The van der Waals surface area contributed by atoms with Crippen molar-refractivity contribution in [1.82, 2.24) is 5.32 Å². The third-order valence-electron chi connectivity index (χ3n) is 3.66. The lowest BCUT2D eigenvalue weighted by Gasteiger charge is -2.25. The van der Waals surface area contributed by atoms with E-state index in [2.05, 4.69) is 18.3 Å². The summed E-state index contributed by atoms with van der Waals surface area (Å²) in [5.74, 6) is 0.913. The average Bonchev–Trinajstić information content (AvgIpc) is 3.01. The van der Waals surface area contributed by atoms with E-state index in [1.165, 1.54) is 5.56 Å². The van der Waals surface area contributed by atoms with Crippen molar-refractivity contribution in [3.63, 3.8) is 0 Å². The molecule has 0 aliphatic rings. The zero-order chi connectivity index (χ0) is 15.3. The van der Waals surface area contributed by atoms with Crippen LogP contribution in [0.1, 0.15) is 25.0 Å². The number of benzene rings is 1. The molecule has 114 valence electrons. The van der Waals surface area contributed by atoms with Crippen LogP contribution in [-0.2, 0) is 12.0 Å². The lowest BCUT2D eigenvalue weighted by molar-refractivity contribution is 0.0548. The molecule has 2 N–H and O–H groups in total. The number of thiophene rings is 1. The van der Waals surface area contributed by atoms with Crippen molar-refractivity contribution < 1.29 is 9.84 Å². The number of ether oxygens (including phenoxy) is 1. The van der Waals surface area contributed by atoms with Gasteiger partial charge in [-0.2, -0.15) is 11.3 Å². The van der Waals surface area contributed by atoms with Crippen LogP contribution in [0, 0.1) is 0 Å². The van der Waals surface area contributed by atoms with Gasteiger partial charge in [-0.25, -0.2) is 0 Å². The molecule has 2 atom stereocenters. The van der Waals surface area contributed by atoms with Crippen LogP contribution in [0.2, 0.25) is 0 Å². The maximum atomic E-state index is 10.5. The second-order valence-corrected chi connectivity index (χ2v) is 6.36. The van der Waals surface area contributed by atoms with E-state index in [1.807, 2.05) is 41.9 Å². The first kappa shape index (κ1) is 16.0. The van der Waals surface area contributed by atoms with Gasteiger partial charge in [0.2, 0.25) is 0 Å². The van der Waals surface area contributed by atoms with Crippen LogP contribution in [-0.4, -0.2) is 24.8 Å². The standard InChI is InChI=1S/C17H23NO2S/c1-13(10-14-6-4-5-7-16(14)20-3)18-12-17(2,19)15-8-9-21-11-15/h4-9,11,13,18-19H,10,12H2,1-3H3/t13-,17+/m0/s1. The molecule has 0 saturated carbocycles. The fourth-order valence-electron chi connectivity index (χ4n) is 2.32. The van der Waals surface area contributed by atoms with Gasteiger partial charge >= 0.3 is 0 Å². The lowest BCUT2D eigenvalue weighted by Crippen LogP contribution is -2.40. The van der Waals surface area contributed by atoms with Crippen LogP contribution in [0.15, 0.2) is 41.1 Å². The quantitative estimate of drug-likeness (QED) is 0.825. The Hall–Kier alpha value is -1.36. The van der Waals surface area contributed by atoms with Gasteiger partial charge in [-0.15, -0.1) is 0 Å². The topological polar surface area (TPSA) is 41.5 Å². The number of nitrogens with one attached hydrogen (secondary N) is 1. The Morgan fingerprint density at radius 2 is 2.10 bits per heavy atom. The second-order valence-electron chi connectivity index (χ2n) is 5.58. The Bertz CT molecular complexity index is 552. The number of rotatable bonds is 7. The molecule has 2 rings (SSSR count). The highest BCUT2D eigenvalue weighted by Gasteiger charge is 2.24. The van der Waals surface area contributed by atoms with E-state index in [4.69, 9.17) is 4.74 Å². The summed E-state index contributed by atoms with van der Waals surface area (Å²) in [7, 11) is 1.69. The third kappa shape index (κ3) is 4.30. The largest absolute Gasteiger partial charge is 0.496 e. The van der Waals surface area contributed by atoms with E-state index in [-0.39, 0.29) is 6.04 Å². The summed E-state index contributed by atoms with van der Waals surface area (Å²) >= 11 is 1.60. The molecule has 1 aromatic carbocycles. The summed E-state index contributed by atoms with van der Waals surface area (Å²) in [5.41, 5.74) is 1.30. The third-order valence-corrected chi connectivity index (χ3v) is 4.34. The molecule has 0 aliphatic carbocycles. The van der Waals surface area contributed by atoms with Crippen LogP contribution in [0.5, 0.6) is 5.75 Å². The smallest absolute Gasteiger partial charge is 0.122 e. The Morgan fingerprint density at radius 3 is 2.76 bits per heavy atom. The van der Waals surface area contributed by atoms with Crippen molar-refractivity contribution in [3.8, 4) is 5.75 Å². The van der Waals surface area contributed by atoms with Gasteiger partial charge in [0.25, 0.3) is 0 Å². The van der Waals surface area contributed by atoms with E-state index in [0.29, 0.717) is 6.54 Å². The molecule has 0 amide bonds. The fourth-order valence-corrected chi connectivity index (χ4v) is 3.10.